The van der Waals surface area contributed by atoms with Crippen molar-refractivity contribution < 1.29 is 4.74 Å². The summed E-state index contributed by atoms with van der Waals surface area (Å²) in [6, 6.07) is 7.98. The van der Waals surface area contributed by atoms with E-state index in [-0.39, 0.29) is 0 Å². The maximum Gasteiger partial charge on any atom is 0.142 e. The molecule has 1 aromatic carbocycles. The summed E-state index contributed by atoms with van der Waals surface area (Å²) in [7, 11) is 0. The summed E-state index contributed by atoms with van der Waals surface area (Å²) in [5.41, 5.74) is 1.91. The van der Waals surface area contributed by atoms with Gasteiger partial charge in [0.15, 0.2) is 0 Å². The Labute approximate surface area is 135 Å². The SMILES string of the molecule is CC(C)NCc1cccc(Cl)c1OCc1ccncc1Cl. The van der Waals surface area contributed by atoms with E-state index in [1.807, 2.05) is 24.3 Å². The standard InChI is InChI=1S/C16H18Cl2N2O/c1-11(2)20-8-12-4-3-5-14(17)16(12)21-10-13-6-7-19-9-15(13)18/h3-7,9,11,20H,8,10H2,1-2H3. The molecule has 0 spiro atoms. The Morgan fingerprint density at radius 1 is 1.14 bits per heavy atom. The van der Waals surface area contributed by atoms with Gasteiger partial charge in [-0.3, -0.25) is 4.98 Å². The van der Waals surface area contributed by atoms with E-state index < -0.39 is 0 Å². The first-order valence-electron chi connectivity index (χ1n) is 6.80. The van der Waals surface area contributed by atoms with E-state index in [0.29, 0.717) is 35.0 Å². The van der Waals surface area contributed by atoms with Crippen LogP contribution in [0, 0.1) is 0 Å². The summed E-state index contributed by atoms with van der Waals surface area (Å²) in [4.78, 5) is 3.96. The molecule has 0 bridgehead atoms. The first kappa shape index (κ1) is 16.1. The van der Waals surface area contributed by atoms with Crippen LogP contribution in [-0.4, -0.2) is 11.0 Å². The van der Waals surface area contributed by atoms with Crippen molar-refractivity contribution in [2.24, 2.45) is 0 Å². The van der Waals surface area contributed by atoms with E-state index in [4.69, 9.17) is 27.9 Å². The molecule has 1 N–H and O–H groups in total. The molecule has 2 rings (SSSR count). The Bertz CT molecular complexity index is 603. The monoisotopic (exact) mass is 324 g/mol. The number of nitrogens with one attached hydrogen (secondary N) is 1. The van der Waals surface area contributed by atoms with Crippen molar-refractivity contribution in [2.75, 3.05) is 0 Å². The van der Waals surface area contributed by atoms with Crippen molar-refractivity contribution >= 4 is 23.2 Å². The zero-order valence-electron chi connectivity index (χ0n) is 12.1. The normalized spacial score (nSPS) is 10.9. The molecule has 0 fully saturated rings. The van der Waals surface area contributed by atoms with Crippen LogP contribution in [0.3, 0.4) is 0 Å². The maximum atomic E-state index is 6.25. The van der Waals surface area contributed by atoms with Gasteiger partial charge in [-0.15, -0.1) is 0 Å². The molecule has 21 heavy (non-hydrogen) atoms. The minimum absolute atomic E-state index is 0.361. The van der Waals surface area contributed by atoms with Gasteiger partial charge in [-0.2, -0.15) is 0 Å². The molecule has 0 amide bonds. The molecule has 5 heteroatoms. The van der Waals surface area contributed by atoms with Crippen molar-refractivity contribution in [3.05, 3.63) is 57.8 Å². The smallest absolute Gasteiger partial charge is 0.142 e. The van der Waals surface area contributed by atoms with Gasteiger partial charge in [-0.25, -0.2) is 0 Å². The molecule has 0 aliphatic rings. The third-order valence-corrected chi connectivity index (χ3v) is 3.62. The lowest BCUT2D eigenvalue weighted by atomic mass is 10.2. The van der Waals surface area contributed by atoms with Gasteiger partial charge >= 0.3 is 0 Å². The molecular weight excluding hydrogens is 307 g/mol. The fourth-order valence-electron chi connectivity index (χ4n) is 1.84. The first-order valence-corrected chi connectivity index (χ1v) is 7.55. The fraction of sp³-hybridized carbons (Fsp3) is 0.312. The number of benzene rings is 1. The third kappa shape index (κ3) is 4.60. The predicted molar refractivity (Wildman–Crippen MR) is 87.0 cm³/mol. The van der Waals surface area contributed by atoms with E-state index in [1.54, 1.807) is 12.4 Å². The number of aromatic nitrogens is 1. The number of hydrogen-bond acceptors (Lipinski definition) is 3. The molecule has 0 aliphatic heterocycles. The van der Waals surface area contributed by atoms with Crippen LogP contribution < -0.4 is 10.1 Å². The Balaban J connectivity index is 2.13. The van der Waals surface area contributed by atoms with Gasteiger partial charge in [-0.1, -0.05) is 49.2 Å². The Kier molecular flexibility index (Phi) is 5.85. The maximum absolute atomic E-state index is 6.25. The highest BCUT2D eigenvalue weighted by atomic mass is 35.5. The second kappa shape index (κ2) is 7.64. The number of halogens is 2. The average molecular weight is 325 g/mol. The summed E-state index contributed by atoms with van der Waals surface area (Å²) >= 11 is 12.3. The summed E-state index contributed by atoms with van der Waals surface area (Å²) in [6.07, 6.45) is 3.30. The molecule has 0 unspecified atom stereocenters. The topological polar surface area (TPSA) is 34.1 Å². The summed E-state index contributed by atoms with van der Waals surface area (Å²) in [5, 5.41) is 4.55. The lowest BCUT2D eigenvalue weighted by Crippen LogP contribution is -2.22. The Morgan fingerprint density at radius 2 is 1.95 bits per heavy atom. The highest BCUT2D eigenvalue weighted by Crippen LogP contribution is 2.30. The van der Waals surface area contributed by atoms with Crippen molar-refractivity contribution in [3.63, 3.8) is 0 Å². The van der Waals surface area contributed by atoms with Crippen LogP contribution >= 0.6 is 23.2 Å². The van der Waals surface area contributed by atoms with Gasteiger partial charge in [0.25, 0.3) is 0 Å². The summed E-state index contributed by atoms with van der Waals surface area (Å²) in [6.45, 7) is 5.26. The number of nitrogens with zero attached hydrogens (tertiary/aromatic N) is 1. The number of ether oxygens (including phenoxy) is 1. The van der Waals surface area contributed by atoms with Crippen LogP contribution in [0.25, 0.3) is 0 Å². The first-order chi connectivity index (χ1) is 10.1. The van der Waals surface area contributed by atoms with E-state index >= 15 is 0 Å². The number of hydrogen-bond donors (Lipinski definition) is 1. The van der Waals surface area contributed by atoms with E-state index in [9.17, 15) is 0 Å². The zero-order valence-corrected chi connectivity index (χ0v) is 13.6. The van der Waals surface area contributed by atoms with Crippen LogP contribution in [0.15, 0.2) is 36.7 Å². The molecule has 0 aliphatic carbocycles. The van der Waals surface area contributed by atoms with E-state index in [1.165, 1.54) is 0 Å². The zero-order chi connectivity index (χ0) is 15.2. The lowest BCUT2D eigenvalue weighted by Gasteiger charge is -2.15. The molecule has 0 saturated carbocycles. The molecule has 1 aromatic heterocycles. The van der Waals surface area contributed by atoms with Gasteiger partial charge in [0.2, 0.25) is 0 Å². The quantitative estimate of drug-likeness (QED) is 0.851. The van der Waals surface area contributed by atoms with Crippen LogP contribution in [0.2, 0.25) is 10.0 Å². The highest BCUT2D eigenvalue weighted by Gasteiger charge is 2.10. The van der Waals surface area contributed by atoms with Crippen molar-refractivity contribution in [1.29, 1.82) is 0 Å². The molecule has 3 nitrogen and oxygen atoms in total. The van der Waals surface area contributed by atoms with Gasteiger partial charge in [0, 0.05) is 36.1 Å². The highest BCUT2D eigenvalue weighted by molar-refractivity contribution is 6.32. The second-order valence-electron chi connectivity index (χ2n) is 5.02. The molecule has 0 atom stereocenters. The van der Waals surface area contributed by atoms with Crippen LogP contribution in [0.4, 0.5) is 0 Å². The molecular formula is C16H18Cl2N2O. The molecule has 0 radical (unpaired) electrons. The third-order valence-electron chi connectivity index (χ3n) is 2.98. The predicted octanol–water partition coefficient (Wildman–Crippen LogP) is 4.47. The van der Waals surface area contributed by atoms with Gasteiger partial charge in [-0.05, 0) is 12.1 Å². The second-order valence-corrected chi connectivity index (χ2v) is 5.83. The number of para-hydroxylation sites is 1. The largest absolute Gasteiger partial charge is 0.487 e. The van der Waals surface area contributed by atoms with Crippen LogP contribution in [-0.2, 0) is 13.2 Å². The summed E-state index contributed by atoms with van der Waals surface area (Å²) < 4.78 is 5.88. The van der Waals surface area contributed by atoms with Crippen molar-refractivity contribution in [1.82, 2.24) is 10.3 Å². The fourth-order valence-corrected chi connectivity index (χ4v) is 2.26. The minimum atomic E-state index is 0.361. The minimum Gasteiger partial charge on any atom is -0.487 e. The Hall–Kier alpha value is -1.29. The molecule has 1 heterocycles. The van der Waals surface area contributed by atoms with E-state index in [0.717, 1.165) is 11.1 Å². The van der Waals surface area contributed by atoms with Crippen molar-refractivity contribution in [2.45, 2.75) is 33.0 Å². The number of pyridine rings is 1. The Morgan fingerprint density at radius 3 is 2.67 bits per heavy atom. The molecule has 2 aromatic rings. The van der Waals surface area contributed by atoms with Crippen molar-refractivity contribution in [3.8, 4) is 5.75 Å². The van der Waals surface area contributed by atoms with Gasteiger partial charge < -0.3 is 10.1 Å². The molecule has 0 saturated heterocycles. The molecule has 112 valence electrons. The van der Waals surface area contributed by atoms with E-state index in [2.05, 4.69) is 24.1 Å². The average Bonchev–Trinajstić information content (AvgIpc) is 2.45. The van der Waals surface area contributed by atoms with Gasteiger partial charge in [0.1, 0.15) is 12.4 Å². The van der Waals surface area contributed by atoms with Crippen LogP contribution in [0.1, 0.15) is 25.0 Å². The van der Waals surface area contributed by atoms with Crippen LogP contribution in [0.5, 0.6) is 5.75 Å². The lowest BCUT2D eigenvalue weighted by molar-refractivity contribution is 0.302. The van der Waals surface area contributed by atoms with Gasteiger partial charge in [0.05, 0.1) is 10.0 Å². The summed E-state index contributed by atoms with van der Waals surface area (Å²) in [5.74, 6) is 0.695. The number of rotatable bonds is 6.